The van der Waals surface area contributed by atoms with Crippen LogP contribution < -0.4 is 14.8 Å². The number of nitro groups is 1. The Morgan fingerprint density at radius 3 is 2.60 bits per heavy atom. The Balaban J connectivity index is 2.31. The van der Waals surface area contributed by atoms with Crippen molar-refractivity contribution in [3.05, 3.63) is 40.2 Å². The van der Waals surface area contributed by atoms with Gasteiger partial charge < -0.3 is 14.8 Å². The van der Waals surface area contributed by atoms with Crippen molar-refractivity contribution >= 4 is 11.4 Å². The van der Waals surface area contributed by atoms with Gasteiger partial charge in [-0.05, 0) is 6.07 Å². The number of hydrogen-bond acceptors (Lipinski definition) is 6. The van der Waals surface area contributed by atoms with Gasteiger partial charge in [-0.25, -0.2) is 0 Å². The van der Waals surface area contributed by atoms with Crippen LogP contribution in [0.2, 0.25) is 0 Å². The van der Waals surface area contributed by atoms with Crippen LogP contribution in [0.4, 0.5) is 11.4 Å². The molecule has 106 valence electrons. The van der Waals surface area contributed by atoms with Gasteiger partial charge in [0.25, 0.3) is 5.69 Å². The number of nitro benzene ring substituents is 1. The van der Waals surface area contributed by atoms with Crippen molar-refractivity contribution in [2.24, 2.45) is 0 Å². The van der Waals surface area contributed by atoms with E-state index >= 15 is 0 Å². The second-order valence-electron chi connectivity index (χ2n) is 3.92. The topological polar surface area (TPSA) is 102 Å². The SMILES string of the molecule is COc1cc(NCc2ccn[nH]2)c([N+](=O)[O-])cc1OC. The lowest BCUT2D eigenvalue weighted by atomic mass is 10.2. The molecule has 0 aliphatic carbocycles. The molecule has 8 nitrogen and oxygen atoms in total. The van der Waals surface area contributed by atoms with Gasteiger partial charge in [0, 0.05) is 12.3 Å². The number of aromatic amines is 1. The predicted molar refractivity (Wildman–Crippen MR) is 72.1 cm³/mol. The Bertz CT molecular complexity index is 598. The number of anilines is 1. The highest BCUT2D eigenvalue weighted by atomic mass is 16.6. The number of H-pyrrole nitrogens is 1. The van der Waals surface area contributed by atoms with Crippen LogP contribution in [0.25, 0.3) is 0 Å². The third-order valence-corrected chi connectivity index (χ3v) is 2.73. The molecule has 2 rings (SSSR count). The van der Waals surface area contributed by atoms with Crippen molar-refractivity contribution in [1.82, 2.24) is 10.2 Å². The summed E-state index contributed by atoms with van der Waals surface area (Å²) in [5, 5.41) is 20.7. The second-order valence-corrected chi connectivity index (χ2v) is 3.92. The van der Waals surface area contributed by atoms with E-state index < -0.39 is 4.92 Å². The van der Waals surface area contributed by atoms with Crippen molar-refractivity contribution in [2.45, 2.75) is 6.54 Å². The minimum atomic E-state index is -0.475. The average molecular weight is 278 g/mol. The maximum atomic E-state index is 11.1. The molecule has 0 bridgehead atoms. The molecule has 0 saturated heterocycles. The van der Waals surface area contributed by atoms with Crippen molar-refractivity contribution in [3.8, 4) is 11.5 Å². The van der Waals surface area contributed by atoms with Gasteiger partial charge in [0.05, 0.1) is 37.4 Å². The summed E-state index contributed by atoms with van der Waals surface area (Å²) in [6.07, 6.45) is 1.61. The monoisotopic (exact) mass is 278 g/mol. The first-order chi connectivity index (χ1) is 9.65. The molecule has 0 amide bonds. The summed E-state index contributed by atoms with van der Waals surface area (Å²) in [6.45, 7) is 0.385. The second kappa shape index (κ2) is 5.91. The normalized spacial score (nSPS) is 10.1. The first-order valence-corrected chi connectivity index (χ1v) is 5.78. The Morgan fingerprint density at radius 2 is 2.05 bits per heavy atom. The van der Waals surface area contributed by atoms with E-state index in [1.807, 2.05) is 0 Å². The first kappa shape index (κ1) is 13.7. The summed E-state index contributed by atoms with van der Waals surface area (Å²) in [6, 6.07) is 4.64. The van der Waals surface area contributed by atoms with Gasteiger partial charge in [-0.2, -0.15) is 5.10 Å². The molecular weight excluding hydrogens is 264 g/mol. The van der Waals surface area contributed by atoms with Crippen LogP contribution in [0.15, 0.2) is 24.4 Å². The number of methoxy groups -OCH3 is 2. The quantitative estimate of drug-likeness (QED) is 0.618. The largest absolute Gasteiger partial charge is 0.493 e. The molecule has 1 aromatic heterocycles. The van der Waals surface area contributed by atoms with Crippen molar-refractivity contribution in [1.29, 1.82) is 0 Å². The van der Waals surface area contributed by atoms with Gasteiger partial charge >= 0.3 is 0 Å². The molecule has 20 heavy (non-hydrogen) atoms. The zero-order valence-corrected chi connectivity index (χ0v) is 11.0. The summed E-state index contributed by atoms with van der Waals surface area (Å²) in [4.78, 5) is 10.6. The van der Waals surface area contributed by atoms with Gasteiger partial charge in [0.2, 0.25) is 0 Å². The lowest BCUT2D eigenvalue weighted by molar-refractivity contribution is -0.384. The highest BCUT2D eigenvalue weighted by molar-refractivity contribution is 5.68. The number of rotatable bonds is 6. The highest BCUT2D eigenvalue weighted by Crippen LogP contribution is 2.37. The van der Waals surface area contributed by atoms with Crippen LogP contribution in [0.5, 0.6) is 11.5 Å². The van der Waals surface area contributed by atoms with E-state index in [-0.39, 0.29) is 5.69 Å². The molecule has 0 aliphatic heterocycles. The van der Waals surface area contributed by atoms with Crippen LogP contribution in [-0.2, 0) is 6.54 Å². The predicted octanol–water partition coefficient (Wildman–Crippen LogP) is 1.95. The molecule has 0 unspecified atom stereocenters. The Labute approximate surface area is 114 Å². The maximum Gasteiger partial charge on any atom is 0.296 e. The third kappa shape index (κ3) is 2.79. The zero-order chi connectivity index (χ0) is 14.5. The number of hydrogen-bond donors (Lipinski definition) is 2. The summed E-state index contributed by atoms with van der Waals surface area (Å²) in [7, 11) is 2.90. The summed E-state index contributed by atoms with van der Waals surface area (Å²) >= 11 is 0. The van der Waals surface area contributed by atoms with Gasteiger partial charge in [-0.15, -0.1) is 0 Å². The van der Waals surface area contributed by atoms with Crippen molar-refractivity contribution in [3.63, 3.8) is 0 Å². The molecule has 2 N–H and O–H groups in total. The average Bonchev–Trinajstić information content (AvgIpc) is 2.97. The van der Waals surface area contributed by atoms with E-state index in [2.05, 4.69) is 15.5 Å². The summed E-state index contributed by atoms with van der Waals surface area (Å²) < 4.78 is 10.2. The van der Waals surface area contributed by atoms with Gasteiger partial charge in [-0.3, -0.25) is 15.2 Å². The highest BCUT2D eigenvalue weighted by Gasteiger charge is 2.19. The molecule has 0 spiro atoms. The van der Waals surface area contributed by atoms with E-state index in [1.54, 1.807) is 12.3 Å². The molecule has 1 heterocycles. The molecule has 2 aromatic rings. The molecule has 0 atom stereocenters. The Hall–Kier alpha value is -2.77. The van der Waals surface area contributed by atoms with Crippen LogP contribution >= 0.6 is 0 Å². The van der Waals surface area contributed by atoms with E-state index in [4.69, 9.17) is 9.47 Å². The van der Waals surface area contributed by atoms with E-state index in [1.165, 1.54) is 26.4 Å². The maximum absolute atomic E-state index is 11.1. The lowest BCUT2D eigenvalue weighted by Gasteiger charge is -2.11. The molecular formula is C12H14N4O4. The number of ether oxygens (including phenoxy) is 2. The smallest absolute Gasteiger partial charge is 0.296 e. The molecule has 8 heteroatoms. The lowest BCUT2D eigenvalue weighted by Crippen LogP contribution is -2.04. The molecule has 1 aromatic carbocycles. The molecule has 0 fully saturated rings. The number of aromatic nitrogens is 2. The summed E-state index contributed by atoms with van der Waals surface area (Å²) in [5.41, 5.74) is 1.08. The minimum absolute atomic E-state index is 0.0813. The number of benzene rings is 1. The van der Waals surface area contributed by atoms with Gasteiger partial charge in [-0.1, -0.05) is 0 Å². The van der Waals surface area contributed by atoms with Crippen LogP contribution in [-0.4, -0.2) is 29.3 Å². The number of nitrogens with one attached hydrogen (secondary N) is 2. The van der Waals surface area contributed by atoms with Crippen LogP contribution in [0.3, 0.4) is 0 Å². The van der Waals surface area contributed by atoms with Crippen molar-refractivity contribution < 1.29 is 14.4 Å². The Morgan fingerprint density at radius 1 is 1.35 bits per heavy atom. The fourth-order valence-corrected chi connectivity index (χ4v) is 1.73. The van der Waals surface area contributed by atoms with Crippen LogP contribution in [0.1, 0.15) is 5.69 Å². The minimum Gasteiger partial charge on any atom is -0.493 e. The first-order valence-electron chi connectivity index (χ1n) is 5.78. The Kier molecular flexibility index (Phi) is 4.04. The molecule has 0 saturated carbocycles. The third-order valence-electron chi connectivity index (χ3n) is 2.73. The van der Waals surface area contributed by atoms with Crippen LogP contribution in [0, 0.1) is 10.1 Å². The fourth-order valence-electron chi connectivity index (χ4n) is 1.73. The fraction of sp³-hybridized carbons (Fsp3) is 0.250. The van der Waals surface area contributed by atoms with Gasteiger partial charge in [0.1, 0.15) is 5.69 Å². The summed E-state index contributed by atoms with van der Waals surface area (Å²) in [5.74, 6) is 0.733. The van der Waals surface area contributed by atoms with Gasteiger partial charge in [0.15, 0.2) is 11.5 Å². The number of nitrogens with zero attached hydrogens (tertiary/aromatic N) is 2. The standard InChI is InChI=1S/C12H14N4O4/c1-19-11-5-9(13-7-8-3-4-14-15-8)10(16(17)18)6-12(11)20-2/h3-6,13H,7H2,1-2H3,(H,14,15). The van der Waals surface area contributed by atoms with E-state index in [9.17, 15) is 10.1 Å². The molecule has 0 radical (unpaired) electrons. The van der Waals surface area contributed by atoms with E-state index in [0.717, 1.165) is 5.69 Å². The van der Waals surface area contributed by atoms with Crippen molar-refractivity contribution in [2.75, 3.05) is 19.5 Å². The molecule has 0 aliphatic rings. The van der Waals surface area contributed by atoms with E-state index in [0.29, 0.717) is 23.7 Å². The zero-order valence-electron chi connectivity index (χ0n) is 11.0.